The molecule has 5 rings (SSSR count). The first-order chi connectivity index (χ1) is 20.6. The highest BCUT2D eigenvalue weighted by Gasteiger charge is 2.26. The third-order valence-corrected chi connectivity index (χ3v) is 8.49. The monoisotopic (exact) mass is 583 g/mol. The highest BCUT2D eigenvalue weighted by molar-refractivity contribution is 6.00. The van der Waals surface area contributed by atoms with Crippen molar-refractivity contribution in [3.63, 3.8) is 0 Å². The third-order valence-electron chi connectivity index (χ3n) is 8.49. The van der Waals surface area contributed by atoms with Crippen molar-refractivity contribution in [1.29, 1.82) is 0 Å². The van der Waals surface area contributed by atoms with Crippen LogP contribution in [0.3, 0.4) is 0 Å². The Morgan fingerprint density at radius 2 is 1.77 bits per heavy atom. The van der Waals surface area contributed by atoms with E-state index in [2.05, 4.69) is 24.1 Å². The highest BCUT2D eigenvalue weighted by atomic mass is 19.1. The van der Waals surface area contributed by atoms with E-state index in [9.17, 15) is 19.1 Å². The van der Waals surface area contributed by atoms with Gasteiger partial charge in [0.15, 0.2) is 0 Å². The lowest BCUT2D eigenvalue weighted by Gasteiger charge is -2.36. The third kappa shape index (κ3) is 6.70. The number of carbonyl (C=O) groups is 2. The zero-order chi connectivity index (χ0) is 30.7. The fourth-order valence-corrected chi connectivity index (χ4v) is 5.83. The maximum absolute atomic E-state index is 14.4. The SMILES string of the molecule is COc1cc(CN2CCC(C)(C)CC2)cnc1-c1cccc2c(C[C@H](NC(=O)c3c(C)cccc3F)C(=O)O)cccc12. The van der Waals surface area contributed by atoms with Crippen LogP contribution in [-0.2, 0) is 17.8 Å². The molecular formula is C35H38FN3O4. The number of halogens is 1. The molecule has 1 fully saturated rings. The minimum absolute atomic E-state index is 0.0194. The molecule has 1 saturated heterocycles. The van der Waals surface area contributed by atoms with Crippen LogP contribution in [0.4, 0.5) is 4.39 Å². The van der Waals surface area contributed by atoms with Crippen LogP contribution >= 0.6 is 0 Å². The molecule has 8 heteroatoms. The lowest BCUT2D eigenvalue weighted by molar-refractivity contribution is -0.139. The van der Waals surface area contributed by atoms with Crippen molar-refractivity contribution in [3.8, 4) is 17.0 Å². The average molecular weight is 584 g/mol. The molecule has 0 aliphatic carbocycles. The van der Waals surface area contributed by atoms with Gasteiger partial charge in [0.25, 0.3) is 5.91 Å². The number of carboxylic acids is 1. The Morgan fingerprint density at radius 1 is 1.07 bits per heavy atom. The predicted octanol–water partition coefficient (Wildman–Crippen LogP) is 6.41. The summed E-state index contributed by atoms with van der Waals surface area (Å²) >= 11 is 0. The number of piperidine rings is 1. The number of ether oxygens (including phenoxy) is 1. The van der Waals surface area contributed by atoms with Gasteiger partial charge in [-0.2, -0.15) is 0 Å². The number of nitrogens with one attached hydrogen (secondary N) is 1. The van der Waals surface area contributed by atoms with Gasteiger partial charge < -0.3 is 15.2 Å². The molecule has 43 heavy (non-hydrogen) atoms. The van der Waals surface area contributed by atoms with Crippen LogP contribution in [0.1, 0.15) is 53.7 Å². The van der Waals surface area contributed by atoms with Gasteiger partial charge in [0.05, 0.1) is 12.7 Å². The number of carboxylic acid groups (broad SMARTS) is 1. The summed E-state index contributed by atoms with van der Waals surface area (Å²) in [6, 6.07) is 16.6. The molecule has 224 valence electrons. The zero-order valence-corrected chi connectivity index (χ0v) is 25.1. The van der Waals surface area contributed by atoms with E-state index < -0.39 is 23.7 Å². The second-order valence-electron chi connectivity index (χ2n) is 12.2. The van der Waals surface area contributed by atoms with Crippen molar-refractivity contribution in [2.75, 3.05) is 20.2 Å². The number of pyridine rings is 1. The number of fused-ring (bicyclic) bond motifs is 1. The molecule has 0 unspecified atom stereocenters. The van der Waals surface area contributed by atoms with E-state index in [-0.39, 0.29) is 12.0 Å². The number of hydrogen-bond acceptors (Lipinski definition) is 5. The van der Waals surface area contributed by atoms with E-state index in [4.69, 9.17) is 9.72 Å². The van der Waals surface area contributed by atoms with Gasteiger partial charge in [0.2, 0.25) is 0 Å². The summed E-state index contributed by atoms with van der Waals surface area (Å²) in [5.74, 6) is -1.98. The number of benzene rings is 3. The normalized spacial score (nSPS) is 15.7. The van der Waals surface area contributed by atoms with Crippen LogP contribution in [0.2, 0.25) is 0 Å². The molecule has 3 aromatic carbocycles. The van der Waals surface area contributed by atoms with Gasteiger partial charge >= 0.3 is 5.97 Å². The first-order valence-electron chi connectivity index (χ1n) is 14.6. The summed E-state index contributed by atoms with van der Waals surface area (Å²) in [7, 11) is 1.64. The van der Waals surface area contributed by atoms with Crippen LogP contribution < -0.4 is 10.1 Å². The number of likely N-dealkylation sites (tertiary alicyclic amines) is 1. The molecule has 1 amide bonds. The molecule has 2 heterocycles. The molecule has 0 radical (unpaired) electrons. The van der Waals surface area contributed by atoms with Crippen LogP contribution in [0.15, 0.2) is 66.9 Å². The van der Waals surface area contributed by atoms with Crippen molar-refractivity contribution < 1.29 is 23.8 Å². The summed E-state index contributed by atoms with van der Waals surface area (Å²) in [4.78, 5) is 32.4. The number of methoxy groups -OCH3 is 1. The standard InChI is InChI=1S/C35H38FN3O4/c1-22-8-5-13-28(36)31(22)33(40)38-29(34(41)42)19-24-9-6-11-26-25(24)10-7-12-27(26)32-30(43-4)18-23(20-37-32)21-39-16-14-35(2,3)15-17-39/h5-13,18,20,29H,14-17,19,21H2,1-4H3,(H,38,40)(H,41,42)/t29-/m0/s1. The summed E-state index contributed by atoms with van der Waals surface area (Å²) in [5.41, 5.74) is 4.06. The number of carbonyl (C=O) groups excluding carboxylic acids is 1. The van der Waals surface area contributed by atoms with Gasteiger partial charge in [-0.15, -0.1) is 0 Å². The van der Waals surface area contributed by atoms with E-state index >= 15 is 0 Å². The molecule has 1 aliphatic rings. The number of aryl methyl sites for hydroxylation is 1. The smallest absolute Gasteiger partial charge is 0.326 e. The van der Waals surface area contributed by atoms with Gasteiger partial charge in [0.1, 0.15) is 23.3 Å². The Hall–Kier alpha value is -4.30. The molecule has 1 aliphatic heterocycles. The Morgan fingerprint density at radius 3 is 2.47 bits per heavy atom. The number of hydrogen-bond donors (Lipinski definition) is 2. The van der Waals surface area contributed by atoms with Crippen molar-refractivity contribution in [2.45, 2.75) is 52.6 Å². The van der Waals surface area contributed by atoms with Crippen LogP contribution in [0.25, 0.3) is 22.0 Å². The number of rotatable bonds is 9. The lowest BCUT2D eigenvalue weighted by atomic mass is 9.82. The Bertz CT molecular complexity index is 1640. The van der Waals surface area contributed by atoms with E-state index in [1.165, 1.54) is 25.0 Å². The molecule has 1 atom stereocenters. The van der Waals surface area contributed by atoms with Gasteiger partial charge in [-0.05, 0) is 77.9 Å². The van der Waals surface area contributed by atoms with E-state index in [1.807, 2.05) is 48.7 Å². The molecule has 4 aromatic rings. The Labute approximate surface area is 251 Å². The van der Waals surface area contributed by atoms with E-state index in [1.54, 1.807) is 20.1 Å². The van der Waals surface area contributed by atoms with Crippen LogP contribution in [0, 0.1) is 18.2 Å². The average Bonchev–Trinajstić information content (AvgIpc) is 2.97. The fraction of sp³-hybridized carbons (Fsp3) is 0.343. The van der Waals surface area contributed by atoms with Gasteiger partial charge in [-0.3, -0.25) is 14.7 Å². The van der Waals surface area contributed by atoms with Crippen molar-refractivity contribution in [3.05, 3.63) is 94.9 Å². The maximum atomic E-state index is 14.4. The number of aromatic nitrogens is 1. The molecule has 2 N–H and O–H groups in total. The molecule has 0 bridgehead atoms. The summed E-state index contributed by atoms with van der Waals surface area (Å²) in [5, 5.41) is 14.2. The second-order valence-corrected chi connectivity index (χ2v) is 12.2. The van der Waals surface area contributed by atoms with Gasteiger partial charge in [-0.25, -0.2) is 9.18 Å². The summed E-state index contributed by atoms with van der Waals surface area (Å²) in [6.45, 7) is 9.19. The Kier molecular flexibility index (Phi) is 8.78. The van der Waals surface area contributed by atoms with Crippen LogP contribution in [-0.4, -0.2) is 53.1 Å². The second kappa shape index (κ2) is 12.5. The molecule has 0 saturated carbocycles. The first kappa shape index (κ1) is 30.2. The first-order valence-corrected chi connectivity index (χ1v) is 14.6. The van der Waals surface area contributed by atoms with E-state index in [0.717, 1.165) is 47.1 Å². The summed E-state index contributed by atoms with van der Waals surface area (Å²) in [6.07, 6.45) is 4.26. The zero-order valence-electron chi connectivity index (χ0n) is 25.1. The van der Waals surface area contributed by atoms with Gasteiger partial charge in [-0.1, -0.05) is 62.4 Å². The molecule has 7 nitrogen and oxygen atoms in total. The largest absolute Gasteiger partial charge is 0.494 e. The highest BCUT2D eigenvalue weighted by Crippen LogP contribution is 2.36. The minimum Gasteiger partial charge on any atom is -0.494 e. The van der Waals surface area contributed by atoms with Crippen molar-refractivity contribution in [2.24, 2.45) is 5.41 Å². The number of aliphatic carboxylic acids is 1. The number of nitrogens with zero attached hydrogens (tertiary/aromatic N) is 2. The summed E-state index contributed by atoms with van der Waals surface area (Å²) < 4.78 is 20.2. The fourth-order valence-electron chi connectivity index (χ4n) is 5.83. The number of amides is 1. The predicted molar refractivity (Wildman–Crippen MR) is 166 cm³/mol. The molecule has 1 aromatic heterocycles. The van der Waals surface area contributed by atoms with Crippen molar-refractivity contribution >= 4 is 22.6 Å². The maximum Gasteiger partial charge on any atom is 0.326 e. The van der Waals surface area contributed by atoms with E-state index in [0.29, 0.717) is 22.4 Å². The van der Waals surface area contributed by atoms with Gasteiger partial charge in [0, 0.05) is 24.7 Å². The Balaban J connectivity index is 1.42. The lowest BCUT2D eigenvalue weighted by Crippen LogP contribution is -2.42. The quantitative estimate of drug-likeness (QED) is 0.237. The van der Waals surface area contributed by atoms with Crippen LogP contribution in [0.5, 0.6) is 5.75 Å². The molecule has 0 spiro atoms. The van der Waals surface area contributed by atoms with Crippen molar-refractivity contribution in [1.82, 2.24) is 15.2 Å². The molecular weight excluding hydrogens is 545 g/mol. The minimum atomic E-state index is -1.26. The topological polar surface area (TPSA) is 91.8 Å².